The van der Waals surface area contributed by atoms with Crippen LogP contribution in [0, 0.1) is 23.7 Å². The molecule has 2 fully saturated rings. The van der Waals surface area contributed by atoms with Crippen LogP contribution >= 0.6 is 0 Å². The van der Waals surface area contributed by atoms with Gasteiger partial charge in [-0.25, -0.2) is 9.59 Å². The van der Waals surface area contributed by atoms with E-state index in [2.05, 4.69) is 28.2 Å². The first-order chi connectivity index (χ1) is 44.0. The van der Waals surface area contributed by atoms with Gasteiger partial charge in [-0.15, -0.1) is 0 Å². The topological polar surface area (TPSA) is 359 Å². The lowest BCUT2D eigenvalue weighted by molar-refractivity contribution is -0.271. The third kappa shape index (κ3) is 22.7. The minimum absolute atomic E-state index is 0.0751. The number of methoxy groups -OCH3 is 2. The Labute approximate surface area is 547 Å². The molecular formula is C67H105N7O19. The molecule has 0 aromatic heterocycles. The monoisotopic (exact) mass is 1310 g/mol. The molecule has 2 aromatic rings. The van der Waals surface area contributed by atoms with Crippen molar-refractivity contribution >= 4 is 59.0 Å². The maximum atomic E-state index is 14.9. The zero-order chi connectivity index (χ0) is 69.4. The zero-order valence-corrected chi connectivity index (χ0v) is 56.5. The van der Waals surface area contributed by atoms with Crippen LogP contribution in [0.3, 0.4) is 0 Å². The second-order valence-electron chi connectivity index (χ2n) is 25.4. The lowest BCUT2D eigenvalue weighted by atomic mass is 9.89. The highest BCUT2D eigenvalue weighted by molar-refractivity contribution is 5.93. The molecule has 2 aromatic carbocycles. The van der Waals surface area contributed by atoms with Crippen molar-refractivity contribution < 1.29 is 92.4 Å². The summed E-state index contributed by atoms with van der Waals surface area (Å²) >= 11 is 0. The number of likely N-dealkylation sites (tertiary alicyclic amines) is 1. The van der Waals surface area contributed by atoms with Crippen molar-refractivity contribution in [3.63, 3.8) is 0 Å². The van der Waals surface area contributed by atoms with Crippen LogP contribution in [0.5, 0.6) is 5.75 Å². The first-order valence-electron chi connectivity index (χ1n) is 32.7. The number of amides is 7. The van der Waals surface area contributed by atoms with Gasteiger partial charge >= 0.3 is 12.1 Å². The molecule has 93 heavy (non-hydrogen) atoms. The van der Waals surface area contributed by atoms with Gasteiger partial charge in [-0.1, -0.05) is 117 Å². The number of hydrogen-bond donors (Lipinski definition) is 9. The first kappa shape index (κ1) is 78.6. The number of ketones is 1. The normalized spacial score (nSPS) is 21.0. The van der Waals surface area contributed by atoms with Crippen LogP contribution < -0.4 is 26.0 Å². The van der Waals surface area contributed by atoms with Crippen LogP contribution in [0.2, 0.25) is 0 Å². The van der Waals surface area contributed by atoms with Crippen LogP contribution in [-0.2, 0) is 63.9 Å². The quantitative estimate of drug-likeness (QED) is 0.0399. The lowest BCUT2D eigenvalue weighted by Gasteiger charge is -2.41. The first-order valence-corrected chi connectivity index (χ1v) is 32.7. The summed E-state index contributed by atoms with van der Waals surface area (Å²) in [6.45, 7) is 16.2. The number of carbonyl (C=O) groups excluding carboxylic acids is 8. The average molecular weight is 1310 g/mol. The molecule has 7 amide bonds. The Morgan fingerprint density at radius 2 is 1.43 bits per heavy atom. The molecule has 0 saturated carbocycles. The number of Topliss-reactive ketones (excluding diaryl/α,β-unsaturated/α-hetero) is 1. The highest BCUT2D eigenvalue weighted by Crippen LogP contribution is 2.33. The number of aliphatic hydroxyl groups excluding tert-OH is 4. The molecule has 2 saturated heterocycles. The molecule has 2 heterocycles. The summed E-state index contributed by atoms with van der Waals surface area (Å²) in [7, 11) is 5.94. The fraction of sp³-hybridized carbons (Fsp3) is 0.687. The number of likely N-dealkylation sites (N-methyl/N-ethyl adjacent to an activating group) is 2. The minimum Gasteiger partial charge on any atom is -0.479 e. The van der Waals surface area contributed by atoms with E-state index in [1.807, 2.05) is 19.9 Å². The van der Waals surface area contributed by atoms with Crippen LogP contribution in [0.1, 0.15) is 163 Å². The van der Waals surface area contributed by atoms with Crippen LogP contribution in [0.25, 0.3) is 0 Å². The Kier molecular flexibility index (Phi) is 32.6. The van der Waals surface area contributed by atoms with Crippen LogP contribution in [0.4, 0.5) is 10.5 Å². The summed E-state index contributed by atoms with van der Waals surface area (Å²) in [6.07, 6.45) is -6.80. The van der Waals surface area contributed by atoms with E-state index in [4.69, 9.17) is 23.7 Å². The molecule has 2 aliphatic rings. The van der Waals surface area contributed by atoms with E-state index in [-0.39, 0.29) is 78.7 Å². The molecule has 26 heteroatoms. The average Bonchev–Trinajstić information content (AvgIpc) is 1.97. The number of unbranched alkanes of at least 4 members (excludes halogenated alkanes) is 3. The van der Waals surface area contributed by atoms with Gasteiger partial charge in [0, 0.05) is 67.1 Å². The van der Waals surface area contributed by atoms with E-state index in [9.17, 15) is 68.7 Å². The number of carbonyl (C=O) groups is 9. The second-order valence-corrected chi connectivity index (χ2v) is 25.4. The molecule has 10 unspecified atom stereocenters. The summed E-state index contributed by atoms with van der Waals surface area (Å²) in [5.74, 6) is -6.45. The van der Waals surface area contributed by atoms with E-state index >= 15 is 0 Å². The Morgan fingerprint density at radius 1 is 0.753 bits per heavy atom. The predicted molar refractivity (Wildman–Crippen MR) is 344 cm³/mol. The number of aliphatic carboxylic acids is 1. The molecule has 0 radical (unpaired) electrons. The van der Waals surface area contributed by atoms with Crippen molar-refractivity contribution in [2.75, 3.05) is 46.7 Å². The molecule has 15 atom stereocenters. The Morgan fingerprint density at radius 3 is 2.04 bits per heavy atom. The SMILES string of the molecule is CCCCCCC(=O)CCCC(=O)NCCC(=O)Nc1cc(COC(=O)N(C)C(C(=O)NC(C(=O)N(C)C(C(C)CC)C(CC(=O)N2CCCC2C(OC)C(C)C(=O)NC(C)C(O)c2ccccc2)OC)C(C)C)C(C)C)ccc1O[C@H]1O[C@H](C(=O)O)[C@@H](O)[C@H](O)[C@H]1O. The summed E-state index contributed by atoms with van der Waals surface area (Å²) in [6, 6.07) is 9.00. The van der Waals surface area contributed by atoms with Crippen molar-refractivity contribution in [1.29, 1.82) is 0 Å². The highest BCUT2D eigenvalue weighted by Gasteiger charge is 2.49. The van der Waals surface area contributed by atoms with E-state index in [1.165, 1.54) is 44.4 Å². The molecule has 0 spiro atoms. The fourth-order valence-electron chi connectivity index (χ4n) is 12.0. The van der Waals surface area contributed by atoms with Gasteiger partial charge in [0.25, 0.3) is 0 Å². The molecule has 9 N–H and O–H groups in total. The van der Waals surface area contributed by atoms with Gasteiger partial charge in [0.05, 0.1) is 54.5 Å². The van der Waals surface area contributed by atoms with Gasteiger partial charge in [-0.05, 0) is 73.6 Å². The molecular weight excluding hydrogens is 1210 g/mol. The zero-order valence-electron chi connectivity index (χ0n) is 56.5. The van der Waals surface area contributed by atoms with E-state index in [0.717, 1.165) is 30.6 Å². The van der Waals surface area contributed by atoms with Crippen molar-refractivity contribution in [1.82, 2.24) is 30.7 Å². The Balaban J connectivity index is 1.47. The largest absolute Gasteiger partial charge is 0.479 e. The maximum absolute atomic E-state index is 14.9. The highest BCUT2D eigenvalue weighted by atomic mass is 16.7. The van der Waals surface area contributed by atoms with E-state index in [1.54, 1.807) is 77.8 Å². The number of nitrogens with one attached hydrogen (secondary N) is 4. The molecule has 26 nitrogen and oxygen atoms in total. The smallest absolute Gasteiger partial charge is 0.410 e. The van der Waals surface area contributed by atoms with Gasteiger partial charge in [-0.3, -0.25) is 38.5 Å². The van der Waals surface area contributed by atoms with Crippen LogP contribution in [0.15, 0.2) is 48.5 Å². The number of carboxylic acids is 1. The second kappa shape index (κ2) is 38.5. The van der Waals surface area contributed by atoms with Crippen molar-refractivity contribution in [3.8, 4) is 5.75 Å². The molecule has 2 aliphatic heterocycles. The fourth-order valence-corrected chi connectivity index (χ4v) is 12.0. The van der Waals surface area contributed by atoms with E-state index < -0.39 is 133 Å². The molecule has 4 rings (SSSR count). The van der Waals surface area contributed by atoms with Crippen molar-refractivity contribution in [2.45, 2.75) is 232 Å². The van der Waals surface area contributed by atoms with Crippen molar-refractivity contribution in [2.24, 2.45) is 23.7 Å². The number of aliphatic hydroxyl groups is 4. The molecule has 0 bridgehead atoms. The van der Waals surface area contributed by atoms with Gasteiger partial charge in [0.15, 0.2) is 6.10 Å². The summed E-state index contributed by atoms with van der Waals surface area (Å²) < 4.78 is 28.9. The number of benzene rings is 2. The number of hydrogen-bond acceptors (Lipinski definition) is 18. The van der Waals surface area contributed by atoms with Gasteiger partial charge in [0.2, 0.25) is 41.7 Å². The maximum Gasteiger partial charge on any atom is 0.410 e. The number of nitrogens with zero attached hydrogens (tertiary/aromatic N) is 3. The molecule has 0 aliphatic carbocycles. The Bertz CT molecular complexity index is 2760. The number of rotatable bonds is 38. The number of anilines is 1. The summed E-state index contributed by atoms with van der Waals surface area (Å²) in [4.78, 5) is 126. The number of carboxylic acid groups (broad SMARTS) is 1. The summed E-state index contributed by atoms with van der Waals surface area (Å²) in [5.41, 5.74) is 0.810. The van der Waals surface area contributed by atoms with Gasteiger partial charge in [-0.2, -0.15) is 0 Å². The number of ether oxygens (including phenoxy) is 5. The van der Waals surface area contributed by atoms with Gasteiger partial charge < -0.3 is 80.3 Å². The van der Waals surface area contributed by atoms with E-state index in [0.29, 0.717) is 44.2 Å². The third-order valence-corrected chi connectivity index (χ3v) is 17.7. The van der Waals surface area contributed by atoms with Crippen LogP contribution in [-0.4, -0.2) is 208 Å². The minimum atomic E-state index is -2.02. The standard InChI is InChI=1S/C67H105N7O19/c1-14-16-17-21-26-45(75)27-22-29-50(76)68-33-32-51(77)70-46-35-43(30-31-48(46)92-66-59(82)57(80)58(81)61(93-66)65(86)87)37-91-67(88)73(11)54(39(5)6)63(84)71-53(38(3)4)64(85)72(10)55(40(7)15-2)49(89-12)36-52(78)74-34-23-28-47(74)60(90-13)41(8)62(83)69-42(9)56(79)44-24-19-18-20-25-44/h18-20,24-25,30-31,35,38-42,47,49,53-61,66,79-82H,14-17,21-23,26-29,32-34,36-37H2,1-13H3,(H,68,76)(H,69,83)(H,70,77)(H,71,84)(H,86,87)/t40?,41?,42?,47?,49?,53?,54?,55?,56?,57-,58-,59+,60?,61-,66-/m0/s1. The lowest BCUT2D eigenvalue weighted by Crippen LogP contribution is -2.61. The van der Waals surface area contributed by atoms with Gasteiger partial charge in [0.1, 0.15) is 48.5 Å². The molecule has 522 valence electrons. The van der Waals surface area contributed by atoms with Crippen molar-refractivity contribution in [3.05, 3.63) is 59.7 Å². The Hall–Kier alpha value is -6.81. The summed E-state index contributed by atoms with van der Waals surface area (Å²) in [5, 5.41) is 63.2. The predicted octanol–water partition coefficient (Wildman–Crippen LogP) is 5.00. The third-order valence-electron chi connectivity index (χ3n) is 17.7.